The fourth-order valence-electron chi connectivity index (χ4n) is 4.51. The molecule has 3 N–H and O–H groups in total. The summed E-state index contributed by atoms with van der Waals surface area (Å²) >= 11 is 0. The highest BCUT2D eigenvalue weighted by atomic mass is 19.1. The Kier molecular flexibility index (Phi) is 6.33. The van der Waals surface area contributed by atoms with Gasteiger partial charge in [0, 0.05) is 36.3 Å². The quantitative estimate of drug-likeness (QED) is 0.427. The molecule has 1 fully saturated rings. The average Bonchev–Trinajstić information content (AvgIpc) is 3.24. The molecule has 3 aromatic rings. The Hall–Kier alpha value is -3.96. The van der Waals surface area contributed by atoms with E-state index in [1.165, 1.54) is 21.6 Å². The molecule has 10 nitrogen and oxygen atoms in total. The molecule has 11 heteroatoms. The summed E-state index contributed by atoms with van der Waals surface area (Å²) in [5.74, 6) is 1.09. The van der Waals surface area contributed by atoms with E-state index in [2.05, 4.69) is 22.2 Å². The van der Waals surface area contributed by atoms with Gasteiger partial charge in [-0.3, -0.25) is 9.69 Å². The Morgan fingerprint density at radius 2 is 2.14 bits per heavy atom. The van der Waals surface area contributed by atoms with E-state index in [9.17, 15) is 19.1 Å². The van der Waals surface area contributed by atoms with E-state index in [-0.39, 0.29) is 12.2 Å². The van der Waals surface area contributed by atoms with Gasteiger partial charge in [0.1, 0.15) is 24.3 Å². The monoisotopic (exact) mass is 495 g/mol. The predicted molar refractivity (Wildman–Crippen MR) is 132 cm³/mol. The van der Waals surface area contributed by atoms with Gasteiger partial charge in [0.25, 0.3) is 5.56 Å². The van der Waals surface area contributed by atoms with Crippen LogP contribution in [0.2, 0.25) is 0 Å². The van der Waals surface area contributed by atoms with Crippen LogP contribution in [0, 0.1) is 5.82 Å². The number of fused-ring (bicyclic) bond motifs is 2. The number of carbonyl (C=O) groups excluding carboxylic acids is 1. The average molecular weight is 496 g/mol. The summed E-state index contributed by atoms with van der Waals surface area (Å²) in [5.41, 5.74) is 1.67. The summed E-state index contributed by atoms with van der Waals surface area (Å²) in [4.78, 5) is 30.7. The van der Waals surface area contributed by atoms with Crippen LogP contribution < -0.4 is 25.8 Å². The highest BCUT2D eigenvalue weighted by Crippen LogP contribution is 2.31. The summed E-state index contributed by atoms with van der Waals surface area (Å²) in [6, 6.07) is 7.72. The molecule has 36 heavy (non-hydrogen) atoms. The number of pyridine rings is 2. The van der Waals surface area contributed by atoms with Crippen LogP contribution >= 0.6 is 0 Å². The maximum absolute atomic E-state index is 14.7. The zero-order chi connectivity index (χ0) is 25.4. The highest BCUT2D eigenvalue weighted by Gasteiger charge is 2.33. The fraction of sp³-hybridized carbons (Fsp3) is 0.320. The first-order valence-electron chi connectivity index (χ1n) is 11.5. The third kappa shape index (κ3) is 4.38. The van der Waals surface area contributed by atoms with Crippen LogP contribution in [0.15, 0.2) is 47.4 Å². The van der Waals surface area contributed by atoms with Crippen LogP contribution in [0.25, 0.3) is 10.9 Å². The molecule has 1 amide bonds. The Morgan fingerprint density at radius 3 is 2.94 bits per heavy atom. The van der Waals surface area contributed by atoms with Crippen LogP contribution in [-0.4, -0.2) is 53.1 Å². The molecular weight excluding hydrogens is 469 g/mol. The highest BCUT2D eigenvalue weighted by molar-refractivity contribution is 5.89. The topological polar surface area (TPSA) is 118 Å². The van der Waals surface area contributed by atoms with Crippen LogP contribution in [0.4, 0.5) is 20.8 Å². The van der Waals surface area contributed by atoms with E-state index in [4.69, 9.17) is 9.47 Å². The number of nitrogens with zero attached hydrogens (tertiary/aromatic N) is 3. The molecule has 0 aliphatic carbocycles. The molecule has 0 bridgehead atoms. The molecule has 2 aliphatic rings. The van der Waals surface area contributed by atoms with E-state index < -0.39 is 18.0 Å². The number of halogens is 1. The van der Waals surface area contributed by atoms with Crippen molar-refractivity contribution in [2.24, 2.45) is 7.05 Å². The molecule has 2 aromatic heterocycles. The summed E-state index contributed by atoms with van der Waals surface area (Å²) in [5, 5.41) is 16.5. The summed E-state index contributed by atoms with van der Waals surface area (Å²) in [6.45, 7) is 4.93. The summed E-state index contributed by atoms with van der Waals surface area (Å²) < 4.78 is 27.1. The smallest absolute Gasteiger partial charge is 0.416 e. The van der Waals surface area contributed by atoms with Crippen molar-refractivity contribution < 1.29 is 23.8 Å². The van der Waals surface area contributed by atoms with Crippen molar-refractivity contribution in [3.05, 3.63) is 69.9 Å². The first-order valence-corrected chi connectivity index (χ1v) is 11.5. The Bertz CT molecular complexity index is 1420. The van der Waals surface area contributed by atoms with Crippen molar-refractivity contribution in [3.8, 4) is 5.75 Å². The van der Waals surface area contributed by atoms with E-state index in [0.29, 0.717) is 77.8 Å². The lowest BCUT2D eigenvalue weighted by Gasteiger charge is -2.21. The molecule has 0 unspecified atom stereocenters. The second kappa shape index (κ2) is 9.59. The third-order valence-corrected chi connectivity index (χ3v) is 6.32. The number of hydrogen-bond donors (Lipinski definition) is 3. The molecule has 0 radical (unpaired) electrons. The summed E-state index contributed by atoms with van der Waals surface area (Å²) in [7, 11) is 1.58. The Labute approximate surface area is 206 Å². The van der Waals surface area contributed by atoms with Crippen molar-refractivity contribution in [3.63, 3.8) is 0 Å². The molecule has 1 atom stereocenters. The fourth-order valence-corrected chi connectivity index (χ4v) is 4.51. The minimum atomic E-state index is -0.503. The SMILES string of the molecule is C=C1COc2ccc(N3C[C@H](CNCCc4c(F)ccc5c(CO)cc(=O)n(C)c45)OC3=O)nc2N1. The summed E-state index contributed by atoms with van der Waals surface area (Å²) in [6.07, 6.45) is -0.619. The molecule has 0 spiro atoms. The lowest BCUT2D eigenvalue weighted by atomic mass is 10.0. The molecule has 188 valence electrons. The molecule has 1 aromatic carbocycles. The standard InChI is InChI=1S/C25H26FN5O5/c1-14-13-35-20-5-6-21(29-24(20)28-14)31-11-16(36-25(31)34)10-27-8-7-18-19(26)4-3-17-15(12-32)9-22(33)30(2)23(17)18/h3-6,9,16,27,32H,1,7-8,10-13H2,2H3,(H,28,29)/t16-/m0/s1. The van der Waals surface area contributed by atoms with Gasteiger partial charge in [0.05, 0.1) is 18.7 Å². The van der Waals surface area contributed by atoms with Gasteiger partial charge >= 0.3 is 6.09 Å². The second-order valence-electron chi connectivity index (χ2n) is 8.75. The molecule has 1 saturated heterocycles. The van der Waals surface area contributed by atoms with Crippen molar-refractivity contribution in [1.82, 2.24) is 14.9 Å². The normalized spacial score (nSPS) is 17.1. The largest absolute Gasteiger partial charge is 0.484 e. The molecule has 0 saturated carbocycles. The van der Waals surface area contributed by atoms with E-state index in [0.717, 1.165) is 0 Å². The number of nitrogens with one attached hydrogen (secondary N) is 2. The van der Waals surface area contributed by atoms with Crippen molar-refractivity contribution >= 4 is 28.6 Å². The number of aromatic nitrogens is 2. The van der Waals surface area contributed by atoms with Gasteiger partial charge in [-0.15, -0.1) is 0 Å². The number of ether oxygens (including phenoxy) is 2. The van der Waals surface area contributed by atoms with E-state index in [1.54, 1.807) is 25.2 Å². The molecule has 2 aliphatic heterocycles. The number of rotatable bonds is 7. The lowest BCUT2D eigenvalue weighted by Crippen LogP contribution is -2.32. The zero-order valence-electron chi connectivity index (χ0n) is 19.7. The molecule has 5 rings (SSSR count). The van der Waals surface area contributed by atoms with Crippen molar-refractivity contribution in [1.29, 1.82) is 0 Å². The number of hydrogen-bond acceptors (Lipinski definition) is 8. The third-order valence-electron chi connectivity index (χ3n) is 6.32. The van der Waals surface area contributed by atoms with E-state index in [1.807, 2.05) is 0 Å². The van der Waals surface area contributed by atoms with Crippen molar-refractivity contribution in [2.45, 2.75) is 19.1 Å². The van der Waals surface area contributed by atoms with Crippen LogP contribution in [-0.2, 0) is 24.8 Å². The number of amides is 1. The number of anilines is 2. The Balaban J connectivity index is 1.23. The maximum atomic E-state index is 14.7. The number of benzene rings is 1. The minimum Gasteiger partial charge on any atom is -0.484 e. The predicted octanol–water partition coefficient (Wildman–Crippen LogP) is 2.04. The van der Waals surface area contributed by atoms with Crippen LogP contribution in [0.3, 0.4) is 0 Å². The van der Waals surface area contributed by atoms with Gasteiger partial charge in [0.2, 0.25) is 0 Å². The molecule has 4 heterocycles. The lowest BCUT2D eigenvalue weighted by molar-refractivity contribution is 0.140. The van der Waals surface area contributed by atoms with Gasteiger partial charge in [-0.1, -0.05) is 6.58 Å². The first-order chi connectivity index (χ1) is 17.4. The van der Waals surface area contributed by atoms with Crippen molar-refractivity contribution in [2.75, 3.05) is 36.5 Å². The maximum Gasteiger partial charge on any atom is 0.416 e. The minimum absolute atomic E-state index is 0.302. The van der Waals surface area contributed by atoms with Gasteiger partial charge in [-0.2, -0.15) is 0 Å². The van der Waals surface area contributed by atoms with Crippen LogP contribution in [0.5, 0.6) is 5.75 Å². The van der Waals surface area contributed by atoms with Gasteiger partial charge in [-0.25, -0.2) is 14.2 Å². The van der Waals surface area contributed by atoms with Gasteiger partial charge in [-0.05, 0) is 42.8 Å². The number of cyclic esters (lactones) is 1. The zero-order valence-corrected chi connectivity index (χ0v) is 19.7. The van der Waals surface area contributed by atoms with Gasteiger partial charge in [0.15, 0.2) is 11.6 Å². The van der Waals surface area contributed by atoms with Gasteiger partial charge < -0.3 is 29.8 Å². The van der Waals surface area contributed by atoms with E-state index >= 15 is 0 Å². The number of aliphatic hydroxyl groups is 1. The first kappa shape index (κ1) is 23.8. The Morgan fingerprint density at radius 1 is 1.31 bits per heavy atom. The van der Waals surface area contributed by atoms with Crippen LogP contribution in [0.1, 0.15) is 11.1 Å². The second-order valence-corrected chi connectivity index (χ2v) is 8.75. The number of aryl methyl sites for hydroxylation is 1. The number of aliphatic hydroxyl groups excluding tert-OH is 1. The number of carbonyl (C=O) groups is 1. The molecular formula is C25H26FN5O5.